The summed E-state index contributed by atoms with van der Waals surface area (Å²) in [5, 5.41) is 4.21. The average Bonchev–Trinajstić information content (AvgIpc) is 2.55. The molecular formula is C20H14ClN. The molecule has 0 spiro atoms. The first-order chi connectivity index (χ1) is 10.7. The van der Waals surface area contributed by atoms with Gasteiger partial charge in [-0.1, -0.05) is 54.1 Å². The second-order valence-electron chi connectivity index (χ2n) is 5.57. The Morgan fingerprint density at radius 2 is 1.41 bits per heavy atom. The van der Waals surface area contributed by atoms with E-state index >= 15 is 0 Å². The van der Waals surface area contributed by atoms with Crippen LogP contribution in [0.5, 0.6) is 0 Å². The zero-order valence-corrected chi connectivity index (χ0v) is 12.9. The number of hydrogen-bond donors (Lipinski definition) is 0. The van der Waals surface area contributed by atoms with Crippen LogP contribution in [0.2, 0.25) is 5.15 Å². The molecule has 0 saturated heterocycles. The molecule has 1 aromatic heterocycles. The molecular weight excluding hydrogens is 290 g/mol. The van der Waals surface area contributed by atoms with Gasteiger partial charge in [-0.25, -0.2) is 4.98 Å². The first-order valence-electron chi connectivity index (χ1n) is 7.27. The van der Waals surface area contributed by atoms with Crippen molar-refractivity contribution in [3.8, 4) is 11.1 Å². The van der Waals surface area contributed by atoms with E-state index in [1.807, 2.05) is 13.0 Å². The quantitative estimate of drug-likeness (QED) is 0.392. The van der Waals surface area contributed by atoms with Crippen LogP contribution in [0.25, 0.3) is 32.8 Å². The van der Waals surface area contributed by atoms with Gasteiger partial charge in [0.15, 0.2) is 0 Å². The van der Waals surface area contributed by atoms with E-state index in [1.54, 1.807) is 0 Å². The zero-order valence-electron chi connectivity index (χ0n) is 12.2. The summed E-state index contributed by atoms with van der Waals surface area (Å²) >= 11 is 6.10. The van der Waals surface area contributed by atoms with E-state index in [1.165, 1.54) is 21.9 Å². The van der Waals surface area contributed by atoms with Crippen LogP contribution in [-0.2, 0) is 0 Å². The molecule has 0 unspecified atom stereocenters. The van der Waals surface area contributed by atoms with Gasteiger partial charge in [-0.15, -0.1) is 0 Å². The number of benzene rings is 3. The molecule has 4 aromatic rings. The van der Waals surface area contributed by atoms with Crippen LogP contribution in [0.3, 0.4) is 0 Å². The number of aryl methyl sites for hydroxylation is 1. The highest BCUT2D eigenvalue weighted by atomic mass is 35.5. The molecule has 2 heteroatoms. The van der Waals surface area contributed by atoms with Crippen molar-refractivity contribution in [1.29, 1.82) is 0 Å². The number of hydrogen-bond acceptors (Lipinski definition) is 1. The van der Waals surface area contributed by atoms with Gasteiger partial charge in [-0.05, 0) is 58.7 Å². The summed E-state index contributed by atoms with van der Waals surface area (Å²) in [5.41, 5.74) is 4.35. The summed E-state index contributed by atoms with van der Waals surface area (Å²) in [6, 6.07) is 23.4. The highest BCUT2D eigenvalue weighted by Gasteiger charge is 2.04. The largest absolute Gasteiger partial charge is 0.236 e. The van der Waals surface area contributed by atoms with E-state index in [0.29, 0.717) is 5.15 Å². The van der Waals surface area contributed by atoms with E-state index in [2.05, 4.69) is 65.6 Å². The van der Waals surface area contributed by atoms with Crippen molar-refractivity contribution in [1.82, 2.24) is 4.98 Å². The summed E-state index contributed by atoms with van der Waals surface area (Å²) in [4.78, 5) is 4.43. The van der Waals surface area contributed by atoms with Gasteiger partial charge in [0, 0.05) is 5.39 Å². The maximum Gasteiger partial charge on any atom is 0.132 e. The SMILES string of the molecule is Cc1cc2cc(-c3ccc4ccccc4c3)ccc2nc1Cl. The maximum absolute atomic E-state index is 6.10. The van der Waals surface area contributed by atoms with Gasteiger partial charge in [0.1, 0.15) is 5.15 Å². The summed E-state index contributed by atoms with van der Waals surface area (Å²) in [6.07, 6.45) is 0. The lowest BCUT2D eigenvalue weighted by atomic mass is 9.99. The molecule has 0 aliphatic heterocycles. The predicted molar refractivity (Wildman–Crippen MR) is 94.4 cm³/mol. The standard InChI is InChI=1S/C20H14ClN/c1-13-10-18-12-17(8-9-19(18)22-20(13)21)16-7-6-14-4-2-3-5-15(14)11-16/h2-12H,1H3. The van der Waals surface area contributed by atoms with Crippen LogP contribution in [0.15, 0.2) is 66.7 Å². The monoisotopic (exact) mass is 303 g/mol. The first kappa shape index (κ1) is 13.3. The minimum absolute atomic E-state index is 0.575. The van der Waals surface area contributed by atoms with E-state index in [4.69, 9.17) is 11.6 Å². The van der Waals surface area contributed by atoms with Crippen LogP contribution in [0.1, 0.15) is 5.56 Å². The third-order valence-corrected chi connectivity index (χ3v) is 4.41. The lowest BCUT2D eigenvalue weighted by molar-refractivity contribution is 1.33. The third-order valence-electron chi connectivity index (χ3n) is 4.03. The first-order valence-corrected chi connectivity index (χ1v) is 7.64. The fourth-order valence-electron chi connectivity index (χ4n) is 2.81. The summed E-state index contributed by atoms with van der Waals surface area (Å²) < 4.78 is 0. The lowest BCUT2D eigenvalue weighted by Crippen LogP contribution is -1.86. The summed E-state index contributed by atoms with van der Waals surface area (Å²) in [7, 11) is 0. The number of aromatic nitrogens is 1. The molecule has 0 aliphatic carbocycles. The third kappa shape index (κ3) is 2.24. The van der Waals surface area contributed by atoms with Gasteiger partial charge in [0.25, 0.3) is 0 Å². The minimum Gasteiger partial charge on any atom is -0.236 e. The van der Waals surface area contributed by atoms with Crippen LogP contribution in [0.4, 0.5) is 0 Å². The molecule has 1 nitrogen and oxygen atoms in total. The van der Waals surface area contributed by atoms with Crippen molar-refractivity contribution in [3.63, 3.8) is 0 Å². The van der Waals surface area contributed by atoms with Crippen molar-refractivity contribution in [2.24, 2.45) is 0 Å². The van der Waals surface area contributed by atoms with Gasteiger partial charge in [-0.3, -0.25) is 0 Å². The average molecular weight is 304 g/mol. The Morgan fingerprint density at radius 3 is 2.23 bits per heavy atom. The molecule has 4 rings (SSSR count). The number of fused-ring (bicyclic) bond motifs is 2. The van der Waals surface area contributed by atoms with E-state index in [0.717, 1.165) is 16.5 Å². The Bertz CT molecular complexity index is 1000. The molecule has 1 heterocycles. The summed E-state index contributed by atoms with van der Waals surface area (Å²) in [5.74, 6) is 0. The molecule has 0 radical (unpaired) electrons. The van der Waals surface area contributed by atoms with Crippen molar-refractivity contribution in [2.75, 3.05) is 0 Å². The van der Waals surface area contributed by atoms with E-state index in [9.17, 15) is 0 Å². The molecule has 0 aliphatic rings. The number of halogens is 1. The molecule has 0 amide bonds. The number of pyridine rings is 1. The number of rotatable bonds is 1. The van der Waals surface area contributed by atoms with Gasteiger partial charge < -0.3 is 0 Å². The molecule has 22 heavy (non-hydrogen) atoms. The van der Waals surface area contributed by atoms with E-state index < -0.39 is 0 Å². The van der Waals surface area contributed by atoms with Gasteiger partial charge in [0.2, 0.25) is 0 Å². The Morgan fingerprint density at radius 1 is 0.727 bits per heavy atom. The van der Waals surface area contributed by atoms with Crippen LogP contribution in [0, 0.1) is 6.92 Å². The maximum atomic E-state index is 6.10. The molecule has 0 saturated carbocycles. The lowest BCUT2D eigenvalue weighted by Gasteiger charge is -2.07. The molecule has 0 atom stereocenters. The highest BCUT2D eigenvalue weighted by Crippen LogP contribution is 2.28. The van der Waals surface area contributed by atoms with Crippen LogP contribution >= 0.6 is 11.6 Å². The Kier molecular flexibility index (Phi) is 3.09. The van der Waals surface area contributed by atoms with Crippen molar-refractivity contribution >= 4 is 33.3 Å². The Balaban J connectivity index is 1.90. The molecule has 3 aromatic carbocycles. The van der Waals surface area contributed by atoms with Crippen molar-refractivity contribution < 1.29 is 0 Å². The molecule has 0 bridgehead atoms. The fraction of sp³-hybridized carbons (Fsp3) is 0.0500. The summed E-state index contributed by atoms with van der Waals surface area (Å²) in [6.45, 7) is 1.98. The smallest absolute Gasteiger partial charge is 0.132 e. The number of nitrogens with zero attached hydrogens (tertiary/aromatic N) is 1. The Hall–Kier alpha value is -2.38. The van der Waals surface area contributed by atoms with Crippen LogP contribution in [-0.4, -0.2) is 4.98 Å². The van der Waals surface area contributed by atoms with Gasteiger partial charge in [0.05, 0.1) is 5.52 Å². The Labute approximate surface area is 134 Å². The zero-order chi connectivity index (χ0) is 15.1. The highest BCUT2D eigenvalue weighted by molar-refractivity contribution is 6.30. The predicted octanol–water partition coefficient (Wildman–Crippen LogP) is 6.02. The topological polar surface area (TPSA) is 12.9 Å². The normalized spacial score (nSPS) is 11.2. The molecule has 106 valence electrons. The second kappa shape index (κ2) is 5.11. The molecule has 0 fully saturated rings. The van der Waals surface area contributed by atoms with Crippen molar-refractivity contribution in [3.05, 3.63) is 77.4 Å². The van der Waals surface area contributed by atoms with Gasteiger partial charge in [-0.2, -0.15) is 0 Å². The van der Waals surface area contributed by atoms with Gasteiger partial charge >= 0.3 is 0 Å². The van der Waals surface area contributed by atoms with E-state index in [-0.39, 0.29) is 0 Å². The second-order valence-corrected chi connectivity index (χ2v) is 5.92. The molecule has 0 N–H and O–H groups in total. The minimum atomic E-state index is 0.575. The van der Waals surface area contributed by atoms with Crippen molar-refractivity contribution in [2.45, 2.75) is 6.92 Å². The van der Waals surface area contributed by atoms with Crippen LogP contribution < -0.4 is 0 Å². The fourth-order valence-corrected chi connectivity index (χ4v) is 2.95.